The minimum Gasteiger partial charge on any atom is -0.488 e. The number of nitrogens with one attached hydrogen (secondary N) is 16. The molecule has 4 aliphatic rings. The lowest BCUT2D eigenvalue weighted by Gasteiger charge is -2.31. The second-order valence-electron chi connectivity index (χ2n) is 37.9. The van der Waals surface area contributed by atoms with Crippen molar-refractivity contribution < 1.29 is 98.5 Å². The van der Waals surface area contributed by atoms with Gasteiger partial charge in [0.1, 0.15) is 108 Å². The highest BCUT2D eigenvalue weighted by molar-refractivity contribution is 7.98. The molecule has 138 heavy (non-hydrogen) atoms. The molecule has 0 unspecified atom stereocenters. The average Bonchev–Trinajstić information content (AvgIpc) is 1.57. The molecule has 0 aliphatic carbocycles. The standard InChI is InChI=1S/C93H135N21O21S3/c1-50(2)42-67(83(123)103-58(10)80(120)109-69(44-59-26-20-19-21-27-59)88(128)114-40-25-31-71(114)86(126)106-64(82(122)105-65(36-41-136-18)81(121)100-49-74(117)118)28-22-37-97-89(94)110-137(129,130)77-53(5)51(3)75-62(55(77)7)45-92(14,15)134-75)108-84(124)68(43-60-32-34-61(35-33-60)133-91(11,12)13)104-72(115)47-99-85(125)70-30-24-39-113(70)87(127)66(107-79(119)57(9)102-73(116)48-101-112-96)29-23-38-98-90(95)111-138(131,132)78-54(6)52(4)76-63(56(78)8)46-93(16,17)135-76/h19-21,26-27,32-35,50,57-58,64-71H,22-25,28-31,36-49H2,1-18H3,(H,99,125)(H,100,121)(H,102,116)(H,103,123)(H,104,115)(H,105,122)(H,106,126)(H,107,119)(H,108,124)(H,109,120)(H,117,118)(H3,94,97,110)(H3,95,98,111)/t57-,58-,64-,65-,66-,67-,68-,69-,70-,71-/m0/s1. The number of hydrogen-bond acceptors (Lipinski definition) is 24. The van der Waals surface area contributed by atoms with Crippen molar-refractivity contribution in [3.8, 4) is 17.2 Å². The summed E-state index contributed by atoms with van der Waals surface area (Å²) in [4.78, 5) is 189. The Morgan fingerprint density at radius 1 is 0.536 bits per heavy atom. The predicted molar refractivity (Wildman–Crippen MR) is 516 cm³/mol. The zero-order valence-corrected chi connectivity index (χ0v) is 84.1. The molecule has 4 aromatic carbocycles. The highest BCUT2D eigenvalue weighted by Gasteiger charge is 2.45. The van der Waals surface area contributed by atoms with Crippen LogP contribution in [0.1, 0.15) is 196 Å². The van der Waals surface area contributed by atoms with Gasteiger partial charge in [0.2, 0.25) is 82.8 Å². The number of ether oxygens (including phenoxy) is 3. The summed E-state index contributed by atoms with van der Waals surface area (Å²) in [6, 6.07) is 1.63. The fraction of sp³-hybridized carbons (Fsp3) is 0.581. The van der Waals surface area contributed by atoms with Crippen LogP contribution in [0.5, 0.6) is 17.2 Å². The number of rotatable bonds is 46. The van der Waals surface area contributed by atoms with E-state index in [-0.39, 0.29) is 119 Å². The second-order valence-corrected chi connectivity index (χ2v) is 42.1. The van der Waals surface area contributed by atoms with Gasteiger partial charge < -0.3 is 92.9 Å². The van der Waals surface area contributed by atoms with Crippen LogP contribution in [-0.2, 0) is 108 Å². The van der Waals surface area contributed by atoms with Crippen molar-refractivity contribution in [2.75, 3.05) is 57.8 Å². The van der Waals surface area contributed by atoms with Crippen molar-refractivity contribution in [1.82, 2.24) is 83.0 Å². The maximum Gasteiger partial charge on any atom is 0.322 e. The second kappa shape index (κ2) is 48.7. The Balaban J connectivity index is 0.947. The molecule has 45 heteroatoms. The average molecular weight is 1980 g/mol. The Morgan fingerprint density at radius 2 is 0.993 bits per heavy atom. The smallest absolute Gasteiger partial charge is 0.322 e. The van der Waals surface area contributed by atoms with E-state index >= 15 is 4.79 Å². The zero-order chi connectivity index (χ0) is 102. The van der Waals surface area contributed by atoms with Crippen LogP contribution in [0, 0.1) is 58.3 Å². The first kappa shape index (κ1) is 111. The molecule has 17 N–H and O–H groups in total. The van der Waals surface area contributed by atoms with Crippen molar-refractivity contribution >= 4 is 121 Å². The van der Waals surface area contributed by atoms with E-state index in [4.69, 9.17) is 30.6 Å². The molecule has 42 nitrogen and oxygen atoms in total. The van der Waals surface area contributed by atoms with Crippen molar-refractivity contribution in [1.29, 1.82) is 10.8 Å². The summed E-state index contributed by atoms with van der Waals surface area (Å²) in [5.74, 6) is -10.7. The van der Waals surface area contributed by atoms with Gasteiger partial charge in [-0.2, -0.15) is 11.8 Å². The summed E-state index contributed by atoms with van der Waals surface area (Å²) >= 11 is 1.34. The van der Waals surface area contributed by atoms with Gasteiger partial charge in [-0.1, -0.05) is 61.4 Å². The number of aliphatic carboxylic acids is 1. The maximum atomic E-state index is 15.2. The van der Waals surface area contributed by atoms with Crippen LogP contribution >= 0.6 is 11.8 Å². The van der Waals surface area contributed by atoms with Gasteiger partial charge in [-0.3, -0.25) is 73.1 Å². The number of amides is 12. The maximum absolute atomic E-state index is 15.2. The van der Waals surface area contributed by atoms with Crippen LogP contribution in [0.4, 0.5) is 0 Å². The topological polar surface area (TPSA) is 609 Å². The van der Waals surface area contributed by atoms with Crippen molar-refractivity contribution in [2.45, 2.75) is 295 Å². The van der Waals surface area contributed by atoms with E-state index in [1.54, 1.807) is 116 Å². The van der Waals surface area contributed by atoms with E-state index < -0.39 is 206 Å². The number of hydrogen-bond donors (Lipinski definition) is 17. The van der Waals surface area contributed by atoms with Crippen molar-refractivity contribution in [3.05, 3.63) is 121 Å². The van der Waals surface area contributed by atoms with Gasteiger partial charge in [0.15, 0.2) is 0 Å². The number of carbonyl (C=O) groups excluding carboxylic acids is 12. The van der Waals surface area contributed by atoms with E-state index in [2.05, 4.69) is 83.3 Å². The van der Waals surface area contributed by atoms with Crippen molar-refractivity contribution in [3.63, 3.8) is 0 Å². The SMILES string of the molecule is CSCC[C@H](NC(=O)[C@H](CCCNC(=N)NS(=O)(=O)c1c(C)c(C)c2c(c1C)CC(C)(C)O2)NC(=O)[C@@H]1CCCN1C(=O)[C@H](Cc1ccccc1)NC(=O)[C@H](C)NC(=O)[C@H](CC(C)C)NC(=O)[C@H](Cc1ccc(OC(C)(C)C)cc1)NC(=O)CNC(=O)[C@@H]1CCCN1C(=O)[C@H](CCCNC(=N)NS(=O)(=O)c1c(C)c(C)c2c(c1C)CC(C)(C)O2)NC(=O)[C@H](C)NC(=O)CN=[N+]=[N-])C(=O)NCC(=O)O. The van der Waals surface area contributed by atoms with Crippen LogP contribution in [0.2, 0.25) is 0 Å². The lowest BCUT2D eigenvalue weighted by molar-refractivity contribution is -0.142. The molecule has 0 radical (unpaired) electrons. The number of sulfonamides is 2. The third-order valence-corrected chi connectivity index (χ3v) is 27.9. The number of carboxylic acids is 1. The fourth-order valence-corrected chi connectivity index (χ4v) is 20.6. The largest absolute Gasteiger partial charge is 0.488 e. The quantitative estimate of drug-likeness (QED) is 0.00746. The first-order chi connectivity index (χ1) is 64.6. The summed E-state index contributed by atoms with van der Waals surface area (Å²) in [6.07, 6.45) is 2.71. The monoisotopic (exact) mass is 1980 g/mol. The summed E-state index contributed by atoms with van der Waals surface area (Å²) < 4.78 is 79.1. The molecule has 0 saturated carbocycles. The predicted octanol–water partition coefficient (Wildman–Crippen LogP) is 3.82. The van der Waals surface area contributed by atoms with Gasteiger partial charge in [0.25, 0.3) is 20.0 Å². The Hall–Kier alpha value is -12.5. The Labute approximate surface area is 809 Å². The molecule has 2 saturated heterocycles. The number of carboxylic acid groups (broad SMARTS) is 1. The van der Waals surface area contributed by atoms with E-state index in [1.807, 2.05) is 48.5 Å². The van der Waals surface area contributed by atoms with Gasteiger partial charge >= 0.3 is 5.97 Å². The van der Waals surface area contributed by atoms with E-state index in [0.717, 1.165) is 11.1 Å². The Morgan fingerprint density at radius 3 is 1.50 bits per heavy atom. The molecule has 0 aromatic heterocycles. The fourth-order valence-electron chi connectivity index (χ4n) is 17.1. The molecule has 8 rings (SSSR count). The third kappa shape index (κ3) is 31.0. The number of nitrogens with zero attached hydrogens (tertiary/aromatic N) is 5. The summed E-state index contributed by atoms with van der Waals surface area (Å²) in [5, 5.41) is 61.6. The van der Waals surface area contributed by atoms with Gasteiger partial charge in [0, 0.05) is 67.9 Å². The number of azide groups is 1. The summed E-state index contributed by atoms with van der Waals surface area (Å²) in [6.45, 7) is 27.1. The number of thioether (sulfide) groups is 1. The minimum atomic E-state index is -4.36. The lowest BCUT2D eigenvalue weighted by Crippen LogP contribution is -2.60. The van der Waals surface area contributed by atoms with Crippen LogP contribution < -0.4 is 87.5 Å². The highest BCUT2D eigenvalue weighted by Crippen LogP contribution is 2.46. The minimum absolute atomic E-state index is 0.00109. The molecule has 756 valence electrons. The van der Waals surface area contributed by atoms with Crippen LogP contribution in [0.15, 0.2) is 69.5 Å². The molecule has 2 fully saturated rings. The number of benzene rings is 4. The Kier molecular flexibility index (Phi) is 39.1. The molecule has 0 spiro atoms. The third-order valence-electron chi connectivity index (χ3n) is 24.0. The van der Waals surface area contributed by atoms with Gasteiger partial charge in [-0.25, -0.2) is 26.3 Å². The molecule has 4 aliphatic heterocycles. The summed E-state index contributed by atoms with van der Waals surface area (Å²) in [7, 11) is -8.71. The van der Waals surface area contributed by atoms with Gasteiger partial charge in [-0.05, 0) is 248 Å². The molecule has 12 amide bonds. The molecular weight excluding hydrogens is 1840 g/mol. The number of guanidine groups is 2. The first-order valence-corrected chi connectivity index (χ1v) is 50.5. The van der Waals surface area contributed by atoms with Crippen LogP contribution in [-0.4, -0.2) is 256 Å². The zero-order valence-electron chi connectivity index (χ0n) is 81.7. The Bertz CT molecular complexity index is 5510. The van der Waals surface area contributed by atoms with E-state index in [1.165, 1.54) is 35.4 Å². The van der Waals surface area contributed by atoms with Crippen LogP contribution in [0.25, 0.3) is 10.4 Å². The molecule has 0 bridgehead atoms. The molecule has 4 aromatic rings. The number of carbonyl (C=O) groups is 13. The number of fused-ring (bicyclic) bond motifs is 2. The van der Waals surface area contributed by atoms with E-state index in [0.29, 0.717) is 80.4 Å². The van der Waals surface area contributed by atoms with E-state index in [9.17, 15) is 79.5 Å². The van der Waals surface area contributed by atoms with Crippen molar-refractivity contribution in [2.24, 2.45) is 11.0 Å². The normalized spacial score (nSPS) is 16.9. The number of likely N-dealkylation sites (tertiary alicyclic amines) is 2. The molecule has 4 heterocycles. The van der Waals surface area contributed by atoms with Gasteiger partial charge in [0.05, 0.1) is 16.3 Å². The molecule has 10 atom stereocenters. The van der Waals surface area contributed by atoms with Crippen LogP contribution in [0.3, 0.4) is 0 Å². The lowest BCUT2D eigenvalue weighted by atomic mass is 9.94. The molecular formula is C93H135N21O21S3. The first-order valence-electron chi connectivity index (χ1n) is 46.1. The summed E-state index contributed by atoms with van der Waals surface area (Å²) in [5.41, 5.74) is 12.7. The highest BCUT2D eigenvalue weighted by atomic mass is 32.2. The van der Waals surface area contributed by atoms with Gasteiger partial charge in [-0.15, -0.1) is 0 Å².